The molecule has 0 aliphatic carbocycles. The minimum atomic E-state index is -0.340. The third-order valence-electron chi connectivity index (χ3n) is 4.99. The van der Waals surface area contributed by atoms with Crippen LogP contribution in [0.4, 0.5) is 0 Å². The van der Waals surface area contributed by atoms with Gasteiger partial charge in [-0.1, -0.05) is 77.5 Å². The lowest BCUT2D eigenvalue weighted by Crippen LogP contribution is -2.30. The Bertz CT molecular complexity index is 1190. The standard InChI is InChI=1S/C25H24N4OS2/c1-16-6-10-19(11-7-16)22-23(20-12-8-17(2)9-13-20)28-29-25(27-22)32-18(3)24(30)26-15-21-5-4-14-31-21/h4-14,18H,15H2,1-3H3,(H,26,30)/t18-/m1/s1. The van der Waals surface area contributed by atoms with Crippen molar-refractivity contribution in [3.8, 4) is 22.5 Å². The maximum absolute atomic E-state index is 12.6. The van der Waals surface area contributed by atoms with Crippen LogP contribution in [-0.2, 0) is 11.3 Å². The predicted molar refractivity (Wildman–Crippen MR) is 132 cm³/mol. The Morgan fingerprint density at radius 3 is 2.16 bits per heavy atom. The van der Waals surface area contributed by atoms with Gasteiger partial charge in [0.25, 0.3) is 0 Å². The molecule has 2 aromatic heterocycles. The number of thiophene rings is 1. The van der Waals surface area contributed by atoms with Crippen LogP contribution in [0.1, 0.15) is 22.9 Å². The lowest BCUT2D eigenvalue weighted by atomic mass is 10.0. The molecule has 0 saturated heterocycles. The number of aromatic nitrogens is 3. The van der Waals surface area contributed by atoms with Crippen LogP contribution < -0.4 is 5.32 Å². The van der Waals surface area contributed by atoms with E-state index in [0.29, 0.717) is 11.7 Å². The van der Waals surface area contributed by atoms with Crippen molar-refractivity contribution in [2.45, 2.75) is 37.7 Å². The van der Waals surface area contributed by atoms with Crippen LogP contribution in [0.2, 0.25) is 0 Å². The Morgan fingerprint density at radius 2 is 1.56 bits per heavy atom. The van der Waals surface area contributed by atoms with Crippen LogP contribution >= 0.6 is 23.1 Å². The number of hydrogen-bond donors (Lipinski definition) is 1. The molecule has 1 N–H and O–H groups in total. The van der Waals surface area contributed by atoms with Crippen molar-refractivity contribution in [2.75, 3.05) is 0 Å². The largest absolute Gasteiger partial charge is 0.350 e. The summed E-state index contributed by atoms with van der Waals surface area (Å²) in [5, 5.41) is 14.0. The number of carbonyl (C=O) groups is 1. The second-order valence-corrected chi connectivity index (χ2v) is 9.92. The third-order valence-corrected chi connectivity index (χ3v) is 6.81. The smallest absolute Gasteiger partial charge is 0.233 e. The first-order chi connectivity index (χ1) is 15.5. The molecule has 5 nitrogen and oxygen atoms in total. The number of carbonyl (C=O) groups excluding carboxylic acids is 1. The Kier molecular flexibility index (Phi) is 6.97. The molecule has 0 aliphatic heterocycles. The SMILES string of the molecule is Cc1ccc(-c2nnc(S[C@H](C)C(=O)NCc3cccs3)nc2-c2ccc(C)cc2)cc1. The van der Waals surface area contributed by atoms with E-state index in [-0.39, 0.29) is 11.2 Å². The molecule has 7 heteroatoms. The second-order valence-electron chi connectivity index (χ2n) is 7.58. The fourth-order valence-corrected chi connectivity index (χ4v) is 4.51. The molecule has 0 aliphatic rings. The molecule has 2 aromatic carbocycles. The van der Waals surface area contributed by atoms with E-state index in [1.165, 1.54) is 22.9 Å². The van der Waals surface area contributed by atoms with Crippen molar-refractivity contribution < 1.29 is 4.79 Å². The Morgan fingerprint density at radius 1 is 0.938 bits per heavy atom. The molecule has 0 unspecified atom stereocenters. The molecule has 0 spiro atoms. The van der Waals surface area contributed by atoms with E-state index in [2.05, 4.69) is 53.6 Å². The number of nitrogens with one attached hydrogen (secondary N) is 1. The van der Waals surface area contributed by atoms with Crippen molar-refractivity contribution in [1.82, 2.24) is 20.5 Å². The van der Waals surface area contributed by atoms with Gasteiger partial charge in [0.05, 0.1) is 11.8 Å². The number of aryl methyl sites for hydroxylation is 2. The first-order valence-corrected chi connectivity index (χ1v) is 12.1. The zero-order chi connectivity index (χ0) is 22.5. The van der Waals surface area contributed by atoms with Crippen LogP contribution in [0.15, 0.2) is 71.2 Å². The van der Waals surface area contributed by atoms with Crippen LogP contribution in [0.5, 0.6) is 0 Å². The van der Waals surface area contributed by atoms with E-state index in [0.717, 1.165) is 27.4 Å². The Labute approximate surface area is 196 Å². The van der Waals surface area contributed by atoms with Gasteiger partial charge in [-0.3, -0.25) is 4.79 Å². The maximum Gasteiger partial charge on any atom is 0.233 e. The highest BCUT2D eigenvalue weighted by Crippen LogP contribution is 2.31. The molecule has 0 radical (unpaired) electrons. The maximum atomic E-state index is 12.6. The molecule has 4 rings (SSSR count). The van der Waals surface area contributed by atoms with E-state index >= 15 is 0 Å². The molecule has 1 atom stereocenters. The van der Waals surface area contributed by atoms with E-state index < -0.39 is 0 Å². The summed E-state index contributed by atoms with van der Waals surface area (Å²) in [6.45, 7) is 6.50. The van der Waals surface area contributed by atoms with Crippen LogP contribution in [0.3, 0.4) is 0 Å². The minimum absolute atomic E-state index is 0.0495. The van der Waals surface area contributed by atoms with Crippen molar-refractivity contribution in [1.29, 1.82) is 0 Å². The van der Waals surface area contributed by atoms with Gasteiger partial charge in [0.2, 0.25) is 11.1 Å². The fraction of sp³-hybridized carbons (Fsp3) is 0.200. The molecule has 0 fully saturated rings. The average molecular weight is 461 g/mol. The quantitative estimate of drug-likeness (QED) is 0.359. The van der Waals surface area contributed by atoms with E-state index in [9.17, 15) is 4.79 Å². The van der Waals surface area contributed by atoms with Gasteiger partial charge in [-0.05, 0) is 32.2 Å². The van der Waals surface area contributed by atoms with Gasteiger partial charge in [0.15, 0.2) is 0 Å². The van der Waals surface area contributed by atoms with Gasteiger partial charge in [0.1, 0.15) is 11.4 Å². The molecule has 0 bridgehead atoms. The minimum Gasteiger partial charge on any atom is -0.350 e. The molecular formula is C25H24N4OS2. The zero-order valence-corrected chi connectivity index (χ0v) is 19.8. The first-order valence-electron chi connectivity index (χ1n) is 10.3. The highest BCUT2D eigenvalue weighted by Gasteiger charge is 2.19. The first kappa shape index (κ1) is 22.2. The van der Waals surface area contributed by atoms with Gasteiger partial charge in [-0.25, -0.2) is 4.98 Å². The van der Waals surface area contributed by atoms with E-state index in [1.54, 1.807) is 11.3 Å². The summed E-state index contributed by atoms with van der Waals surface area (Å²) in [5.41, 5.74) is 5.78. The highest BCUT2D eigenvalue weighted by atomic mass is 32.2. The van der Waals surface area contributed by atoms with Gasteiger partial charge in [-0.2, -0.15) is 0 Å². The van der Waals surface area contributed by atoms with E-state index in [4.69, 9.17) is 4.98 Å². The summed E-state index contributed by atoms with van der Waals surface area (Å²) < 4.78 is 0. The van der Waals surface area contributed by atoms with Gasteiger partial charge < -0.3 is 5.32 Å². The number of rotatable bonds is 7. The fourth-order valence-electron chi connectivity index (χ4n) is 3.12. The third kappa shape index (κ3) is 5.41. The molecule has 0 saturated carbocycles. The van der Waals surface area contributed by atoms with Gasteiger partial charge in [0, 0.05) is 16.0 Å². The zero-order valence-electron chi connectivity index (χ0n) is 18.2. The molecule has 4 aromatic rings. The average Bonchev–Trinajstić information content (AvgIpc) is 3.32. The lowest BCUT2D eigenvalue weighted by molar-refractivity contribution is -0.120. The monoisotopic (exact) mass is 460 g/mol. The summed E-state index contributed by atoms with van der Waals surface area (Å²) in [5.74, 6) is -0.0495. The van der Waals surface area contributed by atoms with Crippen molar-refractivity contribution >= 4 is 29.0 Å². The highest BCUT2D eigenvalue weighted by molar-refractivity contribution is 8.00. The number of hydrogen-bond acceptors (Lipinski definition) is 6. The summed E-state index contributed by atoms with van der Waals surface area (Å²) >= 11 is 2.94. The molecule has 32 heavy (non-hydrogen) atoms. The Hall–Kier alpha value is -3.03. The van der Waals surface area contributed by atoms with Crippen molar-refractivity contribution in [2.24, 2.45) is 0 Å². The number of nitrogens with zero attached hydrogens (tertiary/aromatic N) is 3. The molecule has 2 heterocycles. The number of benzene rings is 2. The number of amides is 1. The predicted octanol–water partition coefficient (Wildman–Crippen LogP) is 5.68. The normalized spacial score (nSPS) is 11.8. The van der Waals surface area contributed by atoms with Crippen LogP contribution in [0, 0.1) is 13.8 Å². The molecule has 162 valence electrons. The topological polar surface area (TPSA) is 67.8 Å². The van der Waals surface area contributed by atoms with Crippen LogP contribution in [0.25, 0.3) is 22.5 Å². The van der Waals surface area contributed by atoms with Crippen molar-refractivity contribution in [3.05, 3.63) is 82.0 Å². The van der Waals surface area contributed by atoms with E-state index in [1.807, 2.05) is 48.7 Å². The molecular weight excluding hydrogens is 436 g/mol. The van der Waals surface area contributed by atoms with Crippen LogP contribution in [-0.4, -0.2) is 26.3 Å². The summed E-state index contributed by atoms with van der Waals surface area (Å²) in [6, 6.07) is 20.4. The summed E-state index contributed by atoms with van der Waals surface area (Å²) in [6.07, 6.45) is 0. The molecule has 1 amide bonds. The van der Waals surface area contributed by atoms with Crippen molar-refractivity contribution in [3.63, 3.8) is 0 Å². The van der Waals surface area contributed by atoms with Gasteiger partial charge in [-0.15, -0.1) is 21.5 Å². The number of thioether (sulfide) groups is 1. The summed E-state index contributed by atoms with van der Waals surface area (Å²) in [7, 11) is 0. The van der Waals surface area contributed by atoms with Gasteiger partial charge >= 0.3 is 0 Å². The Balaban J connectivity index is 1.59. The summed E-state index contributed by atoms with van der Waals surface area (Å²) in [4.78, 5) is 18.5. The second kappa shape index (κ2) is 10.1. The lowest BCUT2D eigenvalue weighted by Gasteiger charge is -2.13.